The van der Waals surface area contributed by atoms with E-state index in [2.05, 4.69) is 5.32 Å². The maximum atomic E-state index is 12.3. The normalized spacial score (nSPS) is 13.6. The fourth-order valence-corrected chi connectivity index (χ4v) is 0.743. The van der Waals surface area contributed by atoms with E-state index in [1.165, 1.54) is 7.05 Å². The van der Waals surface area contributed by atoms with E-state index in [-0.39, 0.29) is 0 Å². The Hall–Kier alpha value is -0.230. The van der Waals surface area contributed by atoms with Crippen LogP contribution in [0.5, 0.6) is 0 Å². The van der Waals surface area contributed by atoms with Crippen molar-refractivity contribution in [3.63, 3.8) is 0 Å². The van der Waals surface area contributed by atoms with Gasteiger partial charge in [0, 0.05) is 6.26 Å². The first-order chi connectivity index (χ1) is 4.31. The van der Waals surface area contributed by atoms with Crippen LogP contribution in [0.1, 0.15) is 0 Å². The predicted octanol–water partition coefficient (Wildman–Crippen LogP) is -0.157. The Bertz CT molecular complexity index is 199. The van der Waals surface area contributed by atoms with Gasteiger partial charge in [0.15, 0.2) is 0 Å². The number of halogens is 2. The first kappa shape index (κ1) is 9.77. The molecule has 0 fully saturated rings. The monoisotopic (exact) mass is 173 g/mol. The average Bonchev–Trinajstić information content (AvgIpc) is 1.61. The zero-order valence-electron chi connectivity index (χ0n) is 5.69. The molecule has 0 rings (SSSR count). The molecule has 0 aliphatic carbocycles. The van der Waals surface area contributed by atoms with Crippen LogP contribution < -0.4 is 5.32 Å². The predicted molar refractivity (Wildman–Crippen MR) is 33.7 cm³/mol. The minimum absolute atomic E-state index is 0.504. The Morgan fingerprint density at radius 1 is 1.50 bits per heavy atom. The van der Waals surface area contributed by atoms with Crippen LogP contribution in [0.3, 0.4) is 0 Å². The molecule has 0 radical (unpaired) electrons. The maximum Gasteiger partial charge on any atom is 0.357 e. The summed E-state index contributed by atoms with van der Waals surface area (Å²) < 4.78 is 45.1. The van der Waals surface area contributed by atoms with Crippen molar-refractivity contribution in [1.82, 2.24) is 5.32 Å². The molecule has 0 aliphatic heterocycles. The standard InChI is InChI=1S/C4H9F2NO2S/c1-7-3-4(5,6)10(2,8)9/h7H,3H2,1-2H3. The van der Waals surface area contributed by atoms with Gasteiger partial charge in [0.1, 0.15) is 0 Å². The number of sulfone groups is 1. The molecular weight excluding hydrogens is 164 g/mol. The molecule has 62 valence electrons. The molecule has 0 aromatic rings. The molecule has 6 heteroatoms. The molecule has 0 spiro atoms. The van der Waals surface area contributed by atoms with Gasteiger partial charge in [-0.15, -0.1) is 0 Å². The minimum Gasteiger partial charge on any atom is -0.313 e. The summed E-state index contributed by atoms with van der Waals surface area (Å²) in [4.78, 5) is 0. The van der Waals surface area contributed by atoms with Gasteiger partial charge in [0.2, 0.25) is 9.84 Å². The lowest BCUT2D eigenvalue weighted by atomic mass is 10.7. The summed E-state index contributed by atoms with van der Waals surface area (Å²) in [6.07, 6.45) is 0.504. The second kappa shape index (κ2) is 2.79. The lowest BCUT2D eigenvalue weighted by Gasteiger charge is -2.12. The largest absolute Gasteiger partial charge is 0.357 e. The molecule has 10 heavy (non-hydrogen) atoms. The van der Waals surface area contributed by atoms with E-state index in [0.717, 1.165) is 0 Å². The summed E-state index contributed by atoms with van der Waals surface area (Å²) in [6.45, 7) is -0.841. The molecule has 0 saturated heterocycles. The fraction of sp³-hybridized carbons (Fsp3) is 1.00. The summed E-state index contributed by atoms with van der Waals surface area (Å²) in [6, 6.07) is 0. The van der Waals surface area contributed by atoms with Gasteiger partial charge in [-0.3, -0.25) is 0 Å². The van der Waals surface area contributed by atoms with Gasteiger partial charge >= 0.3 is 5.25 Å². The lowest BCUT2D eigenvalue weighted by molar-refractivity contribution is 0.0944. The molecule has 1 N–H and O–H groups in total. The van der Waals surface area contributed by atoms with Gasteiger partial charge in [-0.2, -0.15) is 8.78 Å². The zero-order chi connectivity index (χ0) is 8.41. The van der Waals surface area contributed by atoms with Gasteiger partial charge in [-0.05, 0) is 7.05 Å². The highest BCUT2D eigenvalue weighted by Gasteiger charge is 2.40. The van der Waals surface area contributed by atoms with E-state index >= 15 is 0 Å². The van der Waals surface area contributed by atoms with Crippen LogP contribution in [0.15, 0.2) is 0 Å². The van der Waals surface area contributed by atoms with Crippen molar-refractivity contribution in [2.75, 3.05) is 19.8 Å². The number of alkyl halides is 2. The van der Waals surface area contributed by atoms with Crippen molar-refractivity contribution in [3.8, 4) is 0 Å². The van der Waals surface area contributed by atoms with Crippen LogP contribution in [0.25, 0.3) is 0 Å². The van der Waals surface area contributed by atoms with Crippen LogP contribution in [0.4, 0.5) is 8.78 Å². The zero-order valence-corrected chi connectivity index (χ0v) is 6.50. The lowest BCUT2D eigenvalue weighted by Crippen LogP contribution is -2.37. The average molecular weight is 173 g/mol. The third kappa shape index (κ3) is 2.18. The third-order valence-electron chi connectivity index (χ3n) is 0.925. The van der Waals surface area contributed by atoms with Crippen molar-refractivity contribution in [1.29, 1.82) is 0 Å². The quantitative estimate of drug-likeness (QED) is 0.645. The molecule has 0 aromatic carbocycles. The molecule has 0 aliphatic rings. The van der Waals surface area contributed by atoms with E-state index in [9.17, 15) is 17.2 Å². The van der Waals surface area contributed by atoms with Crippen molar-refractivity contribution < 1.29 is 17.2 Å². The Kier molecular flexibility index (Phi) is 2.73. The summed E-state index contributed by atoms with van der Waals surface area (Å²) in [5, 5.41) is -1.57. The van der Waals surface area contributed by atoms with Crippen molar-refractivity contribution in [2.45, 2.75) is 5.25 Å². The first-order valence-corrected chi connectivity index (χ1v) is 4.42. The van der Waals surface area contributed by atoms with Gasteiger partial charge < -0.3 is 5.32 Å². The van der Waals surface area contributed by atoms with Crippen LogP contribution >= 0.6 is 0 Å². The summed E-state index contributed by atoms with van der Waals surface area (Å²) in [5.74, 6) is 0. The summed E-state index contributed by atoms with van der Waals surface area (Å²) in [5.41, 5.74) is 0. The number of hydrogen-bond acceptors (Lipinski definition) is 3. The van der Waals surface area contributed by atoms with Crippen molar-refractivity contribution in [2.24, 2.45) is 0 Å². The minimum atomic E-state index is -4.26. The number of hydrogen-bond donors (Lipinski definition) is 1. The smallest absolute Gasteiger partial charge is 0.313 e. The third-order valence-corrected chi connectivity index (χ3v) is 2.15. The van der Waals surface area contributed by atoms with Crippen molar-refractivity contribution in [3.05, 3.63) is 0 Å². The van der Waals surface area contributed by atoms with Gasteiger partial charge in [-0.1, -0.05) is 0 Å². The van der Waals surface area contributed by atoms with Crippen LogP contribution in [-0.4, -0.2) is 33.5 Å². The van der Waals surface area contributed by atoms with Crippen LogP contribution in [-0.2, 0) is 9.84 Å². The van der Waals surface area contributed by atoms with Gasteiger partial charge in [0.05, 0.1) is 6.54 Å². The van der Waals surface area contributed by atoms with E-state index in [1.807, 2.05) is 0 Å². The topological polar surface area (TPSA) is 46.2 Å². The Balaban J connectivity index is 4.42. The second-order valence-corrected chi connectivity index (χ2v) is 4.08. The first-order valence-electron chi connectivity index (χ1n) is 2.53. The van der Waals surface area contributed by atoms with E-state index in [1.54, 1.807) is 0 Å². The van der Waals surface area contributed by atoms with Crippen LogP contribution in [0.2, 0.25) is 0 Å². The Morgan fingerprint density at radius 2 is 1.90 bits per heavy atom. The highest BCUT2D eigenvalue weighted by Crippen LogP contribution is 2.18. The number of nitrogens with one attached hydrogen (secondary N) is 1. The molecule has 0 saturated carbocycles. The molecule has 3 nitrogen and oxygen atoms in total. The highest BCUT2D eigenvalue weighted by molar-refractivity contribution is 7.91. The van der Waals surface area contributed by atoms with Crippen LogP contribution in [0, 0.1) is 0 Å². The Morgan fingerprint density at radius 3 is 2.00 bits per heavy atom. The molecule has 0 atom stereocenters. The molecule has 0 aromatic heterocycles. The fourth-order valence-electron chi connectivity index (χ4n) is 0.337. The molecular formula is C4H9F2NO2S. The highest BCUT2D eigenvalue weighted by atomic mass is 32.2. The maximum absolute atomic E-state index is 12.3. The SMILES string of the molecule is CNCC(F)(F)S(C)(=O)=O. The molecule has 0 bridgehead atoms. The van der Waals surface area contributed by atoms with Gasteiger partial charge in [-0.25, -0.2) is 8.42 Å². The van der Waals surface area contributed by atoms with E-state index in [4.69, 9.17) is 0 Å². The van der Waals surface area contributed by atoms with E-state index in [0.29, 0.717) is 6.26 Å². The van der Waals surface area contributed by atoms with Gasteiger partial charge in [0.25, 0.3) is 0 Å². The van der Waals surface area contributed by atoms with E-state index < -0.39 is 21.6 Å². The number of rotatable bonds is 3. The molecule has 0 heterocycles. The summed E-state index contributed by atoms with van der Waals surface area (Å²) >= 11 is 0. The summed E-state index contributed by atoms with van der Waals surface area (Å²) in [7, 11) is -3.00. The van der Waals surface area contributed by atoms with Crippen molar-refractivity contribution >= 4 is 9.84 Å². The molecule has 0 amide bonds. The molecule has 0 unspecified atom stereocenters. The second-order valence-electron chi connectivity index (χ2n) is 1.94. The Labute approximate surface area is 58.3 Å².